The van der Waals surface area contributed by atoms with Crippen molar-refractivity contribution in [2.24, 2.45) is 0 Å². The monoisotopic (exact) mass is 325 g/mol. The molecular formula is C20H23NO3. The van der Waals surface area contributed by atoms with Crippen molar-refractivity contribution < 1.29 is 14.3 Å². The molecule has 0 saturated carbocycles. The number of carbonyl (C=O) groups is 1. The summed E-state index contributed by atoms with van der Waals surface area (Å²) in [4.78, 5) is 15.0. The highest BCUT2D eigenvalue weighted by Crippen LogP contribution is 2.22. The third-order valence-corrected chi connectivity index (χ3v) is 3.77. The molecule has 1 aromatic carbocycles. The summed E-state index contributed by atoms with van der Waals surface area (Å²) in [7, 11) is 0. The van der Waals surface area contributed by atoms with E-state index in [0.29, 0.717) is 18.2 Å². The molecular weight excluding hydrogens is 302 g/mol. The van der Waals surface area contributed by atoms with Gasteiger partial charge in [0, 0.05) is 11.6 Å². The van der Waals surface area contributed by atoms with Gasteiger partial charge in [0.15, 0.2) is 6.29 Å². The van der Waals surface area contributed by atoms with Crippen LogP contribution in [0, 0.1) is 20.8 Å². The van der Waals surface area contributed by atoms with E-state index in [4.69, 9.17) is 9.47 Å². The van der Waals surface area contributed by atoms with E-state index >= 15 is 0 Å². The normalized spacial score (nSPS) is 11.2. The van der Waals surface area contributed by atoms with Crippen LogP contribution in [-0.4, -0.2) is 17.9 Å². The number of nitrogens with zero attached hydrogens (tertiary/aromatic N) is 1. The topological polar surface area (TPSA) is 48.4 Å². The molecule has 0 spiro atoms. The second kappa shape index (κ2) is 8.29. The average molecular weight is 325 g/mol. The van der Waals surface area contributed by atoms with Crippen LogP contribution in [0.4, 0.5) is 0 Å². The largest absolute Gasteiger partial charge is 0.486 e. The van der Waals surface area contributed by atoms with Crippen molar-refractivity contribution in [3.8, 4) is 5.88 Å². The van der Waals surface area contributed by atoms with E-state index < -0.39 is 0 Å². The summed E-state index contributed by atoms with van der Waals surface area (Å²) in [6, 6.07) is 10.0. The number of benzene rings is 1. The molecule has 0 N–H and O–H groups in total. The second-order valence-corrected chi connectivity index (χ2v) is 5.63. The van der Waals surface area contributed by atoms with E-state index in [1.54, 1.807) is 0 Å². The van der Waals surface area contributed by atoms with Crippen LogP contribution in [0.15, 0.2) is 36.4 Å². The first-order valence-corrected chi connectivity index (χ1v) is 7.95. The molecule has 2 aromatic rings. The first-order chi connectivity index (χ1) is 11.5. The van der Waals surface area contributed by atoms with Crippen molar-refractivity contribution >= 4 is 12.0 Å². The number of aryl methyl sites for hydroxylation is 3. The Bertz CT molecular complexity index is 751. The van der Waals surface area contributed by atoms with Gasteiger partial charge >= 0.3 is 0 Å². The number of hydrogen-bond acceptors (Lipinski definition) is 4. The van der Waals surface area contributed by atoms with Gasteiger partial charge in [0.05, 0.1) is 5.69 Å². The third kappa shape index (κ3) is 4.44. The van der Waals surface area contributed by atoms with Gasteiger partial charge < -0.3 is 9.47 Å². The Hall–Kier alpha value is -2.62. The van der Waals surface area contributed by atoms with Crippen LogP contribution < -0.4 is 4.74 Å². The van der Waals surface area contributed by atoms with Gasteiger partial charge in [0.25, 0.3) is 0 Å². The molecule has 2 rings (SSSR count). The summed E-state index contributed by atoms with van der Waals surface area (Å²) < 4.78 is 11.2. The molecule has 1 aromatic heterocycles. The van der Waals surface area contributed by atoms with Crippen molar-refractivity contribution in [1.29, 1.82) is 0 Å². The van der Waals surface area contributed by atoms with E-state index in [0.717, 1.165) is 23.1 Å². The van der Waals surface area contributed by atoms with Crippen LogP contribution >= 0.6 is 0 Å². The van der Waals surface area contributed by atoms with Crippen LogP contribution in [0.1, 0.15) is 34.9 Å². The van der Waals surface area contributed by atoms with Crippen LogP contribution in [0.3, 0.4) is 0 Å². The third-order valence-electron chi connectivity index (χ3n) is 3.77. The van der Waals surface area contributed by atoms with Crippen molar-refractivity contribution in [2.75, 3.05) is 6.61 Å². The zero-order valence-electron chi connectivity index (χ0n) is 14.6. The number of aromatic nitrogens is 1. The minimum absolute atomic E-state index is 0.0318. The number of ether oxygens (including phenoxy) is 2. The molecule has 24 heavy (non-hydrogen) atoms. The van der Waals surface area contributed by atoms with Crippen molar-refractivity contribution in [3.05, 3.63) is 64.4 Å². The Morgan fingerprint density at radius 2 is 1.96 bits per heavy atom. The van der Waals surface area contributed by atoms with Crippen molar-refractivity contribution in [1.82, 2.24) is 4.98 Å². The maximum Gasteiger partial charge on any atom is 0.213 e. The van der Waals surface area contributed by atoms with Gasteiger partial charge in [0.2, 0.25) is 5.88 Å². The highest BCUT2D eigenvalue weighted by atomic mass is 16.5. The van der Waals surface area contributed by atoms with Gasteiger partial charge in [-0.3, -0.25) is 4.79 Å². The lowest BCUT2D eigenvalue weighted by atomic mass is 10.1. The number of carbonyl (C=O) groups excluding carboxylic acids is 1. The lowest BCUT2D eigenvalue weighted by Gasteiger charge is -2.13. The zero-order chi connectivity index (χ0) is 17.5. The number of aldehydes is 1. The van der Waals surface area contributed by atoms with Gasteiger partial charge in [-0.15, -0.1) is 0 Å². The molecule has 0 radical (unpaired) electrons. The van der Waals surface area contributed by atoms with Crippen LogP contribution in [0.5, 0.6) is 5.88 Å². The SMILES string of the molecule is C/C=C(/OCC=O)c1ccc(OCc2ccc(C)cc2C)nc1C. The van der Waals surface area contributed by atoms with Gasteiger partial charge in [-0.25, -0.2) is 4.98 Å². The van der Waals surface area contributed by atoms with Gasteiger partial charge in [-0.05, 0) is 51.0 Å². The Balaban J connectivity index is 2.10. The molecule has 0 amide bonds. The molecule has 1 heterocycles. The van der Waals surface area contributed by atoms with Crippen molar-refractivity contribution in [3.63, 3.8) is 0 Å². The molecule has 0 atom stereocenters. The molecule has 0 aliphatic heterocycles. The number of pyridine rings is 1. The molecule has 0 aliphatic rings. The van der Waals surface area contributed by atoms with Crippen molar-refractivity contribution in [2.45, 2.75) is 34.3 Å². The first kappa shape index (κ1) is 17.7. The summed E-state index contributed by atoms with van der Waals surface area (Å²) in [5.41, 5.74) is 5.25. The summed E-state index contributed by atoms with van der Waals surface area (Å²) in [5, 5.41) is 0. The van der Waals surface area contributed by atoms with E-state index in [9.17, 15) is 4.79 Å². The number of rotatable bonds is 7. The Morgan fingerprint density at radius 3 is 2.58 bits per heavy atom. The van der Waals surface area contributed by atoms with Crippen LogP contribution in [0.2, 0.25) is 0 Å². The first-order valence-electron chi connectivity index (χ1n) is 7.95. The van der Waals surface area contributed by atoms with E-state index in [1.165, 1.54) is 11.1 Å². The summed E-state index contributed by atoms with van der Waals surface area (Å²) >= 11 is 0. The van der Waals surface area contributed by atoms with Gasteiger partial charge in [0.1, 0.15) is 19.0 Å². The minimum Gasteiger partial charge on any atom is -0.486 e. The Morgan fingerprint density at radius 1 is 1.17 bits per heavy atom. The lowest BCUT2D eigenvalue weighted by Crippen LogP contribution is -2.03. The Kier molecular flexibility index (Phi) is 6.13. The highest BCUT2D eigenvalue weighted by molar-refractivity contribution is 5.63. The zero-order valence-corrected chi connectivity index (χ0v) is 14.6. The quantitative estimate of drug-likeness (QED) is 0.566. The fourth-order valence-corrected chi connectivity index (χ4v) is 2.48. The maximum atomic E-state index is 10.5. The fourth-order valence-electron chi connectivity index (χ4n) is 2.48. The standard InChI is InChI=1S/C20H23NO3/c1-5-19(23-11-10-22)18-8-9-20(21-16(18)4)24-13-17-7-6-14(2)12-15(17)3/h5-10,12H,11,13H2,1-4H3/b19-5+. The predicted molar refractivity (Wildman–Crippen MR) is 94.9 cm³/mol. The van der Waals surface area contributed by atoms with E-state index in [-0.39, 0.29) is 6.61 Å². The average Bonchev–Trinajstić information content (AvgIpc) is 2.56. The molecule has 0 aliphatic carbocycles. The molecule has 4 nitrogen and oxygen atoms in total. The molecule has 0 saturated heterocycles. The van der Waals surface area contributed by atoms with Gasteiger partial charge in [-0.2, -0.15) is 0 Å². The van der Waals surface area contributed by atoms with E-state index in [2.05, 4.69) is 37.0 Å². The van der Waals surface area contributed by atoms with Gasteiger partial charge in [-0.1, -0.05) is 23.8 Å². The Labute approximate surface area is 143 Å². The highest BCUT2D eigenvalue weighted by Gasteiger charge is 2.09. The predicted octanol–water partition coefficient (Wildman–Crippen LogP) is 4.16. The summed E-state index contributed by atoms with van der Waals surface area (Å²) in [5.74, 6) is 1.22. The van der Waals surface area contributed by atoms with Crippen LogP contribution in [0.25, 0.3) is 5.76 Å². The summed E-state index contributed by atoms with van der Waals surface area (Å²) in [6.45, 7) is 8.43. The second-order valence-electron chi connectivity index (χ2n) is 5.63. The number of allylic oxidation sites excluding steroid dienone is 1. The molecule has 0 bridgehead atoms. The molecule has 0 unspecified atom stereocenters. The molecule has 4 heteroatoms. The van der Waals surface area contributed by atoms with E-state index in [1.807, 2.05) is 32.1 Å². The smallest absolute Gasteiger partial charge is 0.213 e. The molecule has 126 valence electrons. The number of hydrogen-bond donors (Lipinski definition) is 0. The fraction of sp³-hybridized carbons (Fsp3) is 0.300. The molecule has 0 fully saturated rings. The maximum absolute atomic E-state index is 10.5. The minimum atomic E-state index is 0.0318. The summed E-state index contributed by atoms with van der Waals surface area (Å²) in [6.07, 6.45) is 2.55. The van der Waals surface area contributed by atoms with Crippen LogP contribution in [-0.2, 0) is 16.1 Å². The lowest BCUT2D eigenvalue weighted by molar-refractivity contribution is -0.110.